The summed E-state index contributed by atoms with van der Waals surface area (Å²) in [7, 11) is 0. The number of rotatable bonds is 5. The summed E-state index contributed by atoms with van der Waals surface area (Å²) >= 11 is 6.07. The number of carbonyl (C=O) groups excluding carboxylic acids is 1. The zero-order valence-electron chi connectivity index (χ0n) is 14.2. The Hall–Kier alpha value is -2.73. The van der Waals surface area contributed by atoms with Gasteiger partial charge >= 0.3 is 0 Å². The Kier molecular flexibility index (Phi) is 4.67. The smallest absolute Gasteiger partial charge is 0.227 e. The van der Waals surface area contributed by atoms with Gasteiger partial charge in [-0.2, -0.15) is 4.80 Å². The molecule has 0 atom stereocenters. The molecule has 0 spiro atoms. The van der Waals surface area contributed by atoms with Crippen LogP contribution in [0.4, 0.5) is 5.69 Å². The van der Waals surface area contributed by atoms with Gasteiger partial charge in [0.25, 0.3) is 0 Å². The van der Waals surface area contributed by atoms with Crippen LogP contribution in [0.2, 0.25) is 5.02 Å². The average molecular weight is 368 g/mol. The first-order chi connectivity index (χ1) is 12.7. The number of fused-ring (bicyclic) bond motifs is 1. The highest BCUT2D eigenvalue weighted by atomic mass is 35.5. The van der Waals surface area contributed by atoms with E-state index in [1.807, 2.05) is 53.4 Å². The third-order valence-corrected chi connectivity index (χ3v) is 4.71. The summed E-state index contributed by atoms with van der Waals surface area (Å²) in [6.45, 7) is 1.27. The first kappa shape index (κ1) is 16.7. The molecule has 0 aliphatic carbocycles. The molecule has 1 aromatic heterocycles. The van der Waals surface area contributed by atoms with Crippen LogP contribution < -0.4 is 4.90 Å². The minimum absolute atomic E-state index is 0.106. The summed E-state index contributed by atoms with van der Waals surface area (Å²) in [4.78, 5) is 15.9. The quantitative estimate of drug-likeness (QED) is 0.693. The van der Waals surface area contributed by atoms with Gasteiger partial charge in [-0.05, 0) is 35.8 Å². The van der Waals surface area contributed by atoms with E-state index in [9.17, 15) is 4.79 Å². The van der Waals surface area contributed by atoms with Gasteiger partial charge in [-0.25, -0.2) is 0 Å². The normalized spacial score (nSPS) is 13.0. The molecule has 0 saturated carbocycles. The van der Waals surface area contributed by atoms with Crippen molar-refractivity contribution < 1.29 is 4.79 Å². The van der Waals surface area contributed by atoms with Gasteiger partial charge in [-0.1, -0.05) is 48.0 Å². The summed E-state index contributed by atoms with van der Waals surface area (Å²) in [6, 6.07) is 15.5. The molecule has 6 nitrogen and oxygen atoms in total. The largest absolute Gasteiger partial charge is 0.312 e. The van der Waals surface area contributed by atoms with Gasteiger partial charge in [0.05, 0.1) is 6.54 Å². The molecule has 0 bridgehead atoms. The summed E-state index contributed by atoms with van der Waals surface area (Å²) in [6.07, 6.45) is 1.98. The lowest BCUT2D eigenvalue weighted by Gasteiger charge is -2.17. The van der Waals surface area contributed by atoms with Crippen molar-refractivity contribution in [3.05, 3.63) is 59.1 Å². The van der Waals surface area contributed by atoms with Crippen molar-refractivity contribution in [1.29, 1.82) is 0 Å². The van der Waals surface area contributed by atoms with Gasteiger partial charge < -0.3 is 4.90 Å². The Balaban J connectivity index is 1.34. The molecular formula is C19H18ClN5O. The number of anilines is 1. The van der Waals surface area contributed by atoms with Crippen LogP contribution in [0.1, 0.15) is 18.4 Å². The number of hydrogen-bond acceptors (Lipinski definition) is 4. The van der Waals surface area contributed by atoms with E-state index in [4.69, 9.17) is 11.6 Å². The van der Waals surface area contributed by atoms with Crippen LogP contribution >= 0.6 is 11.6 Å². The number of amides is 1. The van der Waals surface area contributed by atoms with E-state index in [1.54, 1.807) is 4.80 Å². The first-order valence-electron chi connectivity index (χ1n) is 8.63. The Bertz CT molecular complexity index is 925. The van der Waals surface area contributed by atoms with Crippen LogP contribution in [0.15, 0.2) is 48.5 Å². The predicted octanol–water partition coefficient (Wildman–Crippen LogP) is 3.36. The van der Waals surface area contributed by atoms with Crippen LogP contribution in [0.3, 0.4) is 0 Å². The lowest BCUT2D eigenvalue weighted by atomic mass is 10.2. The van der Waals surface area contributed by atoms with Crippen LogP contribution in [-0.2, 0) is 17.8 Å². The number of halogens is 1. The predicted molar refractivity (Wildman–Crippen MR) is 100.0 cm³/mol. The molecule has 132 valence electrons. The number of carbonyl (C=O) groups is 1. The first-order valence-corrected chi connectivity index (χ1v) is 9.00. The maximum Gasteiger partial charge on any atom is 0.227 e. The van der Waals surface area contributed by atoms with Crippen molar-refractivity contribution in [2.75, 3.05) is 11.4 Å². The van der Waals surface area contributed by atoms with Crippen molar-refractivity contribution in [2.24, 2.45) is 0 Å². The van der Waals surface area contributed by atoms with E-state index >= 15 is 0 Å². The zero-order chi connectivity index (χ0) is 17.9. The minimum Gasteiger partial charge on any atom is -0.312 e. The lowest BCUT2D eigenvalue weighted by molar-refractivity contribution is -0.118. The molecule has 0 fully saturated rings. The van der Waals surface area contributed by atoms with Gasteiger partial charge in [0.1, 0.15) is 0 Å². The molecule has 2 heterocycles. The third-order valence-electron chi connectivity index (χ3n) is 4.48. The number of aryl methyl sites for hydroxylation is 1. The fourth-order valence-electron chi connectivity index (χ4n) is 3.16. The standard InChI is InChI=1S/C19H18ClN5O/c20-16-9-8-14-10-12-24(17(14)13-16)18(26)7-4-11-25-22-19(21-23-25)15-5-2-1-3-6-15/h1-3,5-6,8-9,13H,4,7,10-12H2. The monoisotopic (exact) mass is 367 g/mol. The summed E-state index contributed by atoms with van der Waals surface area (Å²) in [5.74, 6) is 0.703. The van der Waals surface area contributed by atoms with E-state index < -0.39 is 0 Å². The molecule has 0 radical (unpaired) electrons. The number of nitrogens with zero attached hydrogens (tertiary/aromatic N) is 5. The van der Waals surface area contributed by atoms with Gasteiger partial charge in [0.2, 0.25) is 11.7 Å². The Labute approximate surface area is 156 Å². The number of hydrogen-bond donors (Lipinski definition) is 0. The van der Waals surface area contributed by atoms with Gasteiger partial charge in [0, 0.05) is 29.2 Å². The van der Waals surface area contributed by atoms with Gasteiger partial charge in [-0.15, -0.1) is 10.2 Å². The van der Waals surface area contributed by atoms with Crippen LogP contribution in [0.5, 0.6) is 0 Å². The Morgan fingerprint density at radius 2 is 2.00 bits per heavy atom. The van der Waals surface area contributed by atoms with E-state index in [0.717, 1.165) is 17.7 Å². The SMILES string of the molecule is O=C(CCCn1nnc(-c2ccccc2)n1)N1CCc2ccc(Cl)cc21. The molecule has 4 rings (SSSR count). The molecule has 3 aromatic rings. The molecule has 2 aromatic carbocycles. The van der Waals surface area contributed by atoms with Crippen LogP contribution in [0, 0.1) is 0 Å². The van der Waals surface area contributed by atoms with Crippen molar-refractivity contribution >= 4 is 23.2 Å². The highest BCUT2D eigenvalue weighted by Gasteiger charge is 2.24. The lowest BCUT2D eigenvalue weighted by Crippen LogP contribution is -2.28. The minimum atomic E-state index is 0.106. The maximum atomic E-state index is 12.6. The highest BCUT2D eigenvalue weighted by Crippen LogP contribution is 2.31. The van der Waals surface area contributed by atoms with Crippen molar-refractivity contribution in [1.82, 2.24) is 20.2 Å². The topological polar surface area (TPSA) is 63.9 Å². The van der Waals surface area contributed by atoms with Crippen molar-refractivity contribution in [2.45, 2.75) is 25.8 Å². The molecule has 26 heavy (non-hydrogen) atoms. The zero-order valence-corrected chi connectivity index (χ0v) is 14.9. The third kappa shape index (κ3) is 3.46. The second-order valence-corrected chi connectivity index (χ2v) is 6.68. The van der Waals surface area contributed by atoms with Gasteiger partial charge in [0.15, 0.2) is 0 Å². The van der Waals surface area contributed by atoms with Crippen molar-refractivity contribution in [3.8, 4) is 11.4 Å². The summed E-state index contributed by atoms with van der Waals surface area (Å²) < 4.78 is 0. The van der Waals surface area contributed by atoms with E-state index in [-0.39, 0.29) is 5.91 Å². The van der Waals surface area contributed by atoms with Crippen LogP contribution in [-0.4, -0.2) is 32.7 Å². The number of benzene rings is 2. The molecule has 0 saturated heterocycles. The van der Waals surface area contributed by atoms with Crippen molar-refractivity contribution in [3.63, 3.8) is 0 Å². The second kappa shape index (κ2) is 7.25. The Morgan fingerprint density at radius 3 is 2.85 bits per heavy atom. The van der Waals surface area contributed by atoms with E-state index in [1.165, 1.54) is 5.56 Å². The maximum absolute atomic E-state index is 12.6. The Morgan fingerprint density at radius 1 is 1.15 bits per heavy atom. The fourth-order valence-corrected chi connectivity index (χ4v) is 3.33. The molecule has 0 unspecified atom stereocenters. The van der Waals surface area contributed by atoms with Gasteiger partial charge in [-0.3, -0.25) is 4.79 Å². The summed E-state index contributed by atoms with van der Waals surface area (Å²) in [5, 5.41) is 13.2. The molecule has 1 aliphatic heterocycles. The molecule has 1 amide bonds. The summed E-state index contributed by atoms with van der Waals surface area (Å²) in [5.41, 5.74) is 3.04. The highest BCUT2D eigenvalue weighted by molar-refractivity contribution is 6.31. The second-order valence-electron chi connectivity index (χ2n) is 6.25. The molecule has 0 N–H and O–H groups in total. The fraction of sp³-hybridized carbons (Fsp3) is 0.263. The number of tetrazole rings is 1. The molecule has 1 aliphatic rings. The average Bonchev–Trinajstić information content (AvgIpc) is 3.29. The molecular weight excluding hydrogens is 350 g/mol. The number of aromatic nitrogens is 4. The van der Waals surface area contributed by atoms with E-state index in [0.29, 0.717) is 36.8 Å². The molecule has 7 heteroatoms. The van der Waals surface area contributed by atoms with E-state index in [2.05, 4.69) is 15.4 Å². The van der Waals surface area contributed by atoms with Crippen LogP contribution in [0.25, 0.3) is 11.4 Å².